The number of H-pyrrole nitrogens is 1. The maximum absolute atomic E-state index is 6.32. The van der Waals surface area contributed by atoms with E-state index in [1.165, 1.54) is 31.4 Å². The van der Waals surface area contributed by atoms with Crippen LogP contribution in [-0.2, 0) is 5.54 Å². The van der Waals surface area contributed by atoms with E-state index >= 15 is 0 Å². The van der Waals surface area contributed by atoms with Gasteiger partial charge in [-0.05, 0) is 25.7 Å². The molecule has 0 bridgehead atoms. The Morgan fingerprint density at radius 3 is 2.71 bits per heavy atom. The van der Waals surface area contributed by atoms with E-state index in [0.29, 0.717) is 0 Å². The molecule has 2 saturated carbocycles. The lowest BCUT2D eigenvalue weighted by atomic mass is 9.99. The van der Waals surface area contributed by atoms with Crippen molar-refractivity contribution in [3.8, 4) is 0 Å². The highest BCUT2D eigenvalue weighted by atomic mass is 15.0. The molecule has 0 atom stereocenters. The third kappa shape index (κ3) is 1.27. The summed E-state index contributed by atoms with van der Waals surface area (Å²) in [6.07, 6.45) is 9.29. The van der Waals surface area contributed by atoms with Gasteiger partial charge < -0.3 is 10.7 Å². The molecule has 0 unspecified atom stereocenters. The fourth-order valence-corrected chi connectivity index (χ4v) is 2.43. The van der Waals surface area contributed by atoms with Crippen LogP contribution in [0.5, 0.6) is 0 Å². The number of rotatable bonds is 2. The minimum atomic E-state index is -0.146. The highest BCUT2D eigenvalue weighted by Gasteiger charge is 2.35. The Balaban J connectivity index is 1.87. The Morgan fingerprint density at radius 1 is 1.36 bits per heavy atom. The van der Waals surface area contributed by atoms with Crippen LogP contribution in [-0.4, -0.2) is 9.97 Å². The van der Waals surface area contributed by atoms with Crippen LogP contribution in [0.3, 0.4) is 0 Å². The molecule has 2 aliphatic rings. The number of aromatic amines is 1. The molecule has 3 nitrogen and oxygen atoms in total. The van der Waals surface area contributed by atoms with Gasteiger partial charge in [-0.2, -0.15) is 0 Å². The Kier molecular flexibility index (Phi) is 1.71. The van der Waals surface area contributed by atoms with E-state index in [1.54, 1.807) is 0 Å². The summed E-state index contributed by atoms with van der Waals surface area (Å²) in [4.78, 5) is 7.87. The van der Waals surface area contributed by atoms with Crippen LogP contribution in [0.25, 0.3) is 0 Å². The van der Waals surface area contributed by atoms with Gasteiger partial charge in [-0.15, -0.1) is 0 Å². The lowest BCUT2D eigenvalue weighted by Gasteiger charge is -2.20. The molecule has 0 amide bonds. The SMILES string of the molecule is NC1(c2ncc(C3CC3)[nH]2)CCCC1. The van der Waals surface area contributed by atoms with E-state index in [2.05, 4.69) is 9.97 Å². The maximum Gasteiger partial charge on any atom is 0.126 e. The van der Waals surface area contributed by atoms with Crippen molar-refractivity contribution in [3.63, 3.8) is 0 Å². The predicted octanol–water partition coefficient (Wildman–Crippen LogP) is 2.02. The summed E-state index contributed by atoms with van der Waals surface area (Å²) in [6.45, 7) is 0. The first-order chi connectivity index (χ1) is 6.78. The van der Waals surface area contributed by atoms with E-state index in [4.69, 9.17) is 5.73 Å². The first-order valence-electron chi connectivity index (χ1n) is 5.62. The molecule has 3 heteroatoms. The molecule has 3 N–H and O–H groups in total. The summed E-state index contributed by atoms with van der Waals surface area (Å²) < 4.78 is 0. The molecular weight excluding hydrogens is 174 g/mol. The van der Waals surface area contributed by atoms with Gasteiger partial charge in [-0.25, -0.2) is 4.98 Å². The molecule has 76 valence electrons. The fourth-order valence-electron chi connectivity index (χ4n) is 2.43. The fraction of sp³-hybridized carbons (Fsp3) is 0.727. The molecule has 1 heterocycles. The monoisotopic (exact) mass is 191 g/mol. The maximum atomic E-state index is 6.32. The number of nitrogens with two attached hydrogens (primary N) is 1. The zero-order chi connectivity index (χ0) is 9.60. The van der Waals surface area contributed by atoms with Crippen LogP contribution in [0.1, 0.15) is 56.0 Å². The van der Waals surface area contributed by atoms with Crippen molar-refractivity contribution in [3.05, 3.63) is 17.7 Å². The molecule has 1 aromatic rings. The smallest absolute Gasteiger partial charge is 0.126 e. The molecule has 0 aromatic carbocycles. The first-order valence-corrected chi connectivity index (χ1v) is 5.62. The third-order valence-electron chi connectivity index (χ3n) is 3.58. The van der Waals surface area contributed by atoms with Crippen molar-refractivity contribution in [1.29, 1.82) is 0 Å². The molecule has 14 heavy (non-hydrogen) atoms. The van der Waals surface area contributed by atoms with Crippen LogP contribution < -0.4 is 5.73 Å². The molecular formula is C11H17N3. The third-order valence-corrected chi connectivity index (χ3v) is 3.58. The predicted molar refractivity (Wildman–Crippen MR) is 54.9 cm³/mol. The lowest BCUT2D eigenvalue weighted by Crippen LogP contribution is -2.34. The van der Waals surface area contributed by atoms with Gasteiger partial charge in [0.05, 0.1) is 5.54 Å². The van der Waals surface area contributed by atoms with Gasteiger partial charge in [0.1, 0.15) is 5.82 Å². The number of nitrogens with one attached hydrogen (secondary N) is 1. The average molecular weight is 191 g/mol. The van der Waals surface area contributed by atoms with Crippen molar-refractivity contribution in [2.45, 2.75) is 50.0 Å². The zero-order valence-corrected chi connectivity index (χ0v) is 8.42. The summed E-state index contributed by atoms with van der Waals surface area (Å²) in [5.41, 5.74) is 7.48. The van der Waals surface area contributed by atoms with Gasteiger partial charge in [0, 0.05) is 17.8 Å². The molecule has 2 fully saturated rings. The lowest BCUT2D eigenvalue weighted by molar-refractivity contribution is 0.435. The molecule has 3 rings (SSSR count). The van der Waals surface area contributed by atoms with Crippen molar-refractivity contribution in [2.24, 2.45) is 5.73 Å². The van der Waals surface area contributed by atoms with E-state index < -0.39 is 0 Å². The standard InChI is InChI=1S/C11H17N3/c12-11(5-1-2-6-11)10-13-7-9(14-10)8-3-4-8/h7-8H,1-6,12H2,(H,13,14). The second-order valence-electron chi connectivity index (χ2n) is 4.82. The number of hydrogen-bond donors (Lipinski definition) is 2. The zero-order valence-electron chi connectivity index (χ0n) is 8.42. The highest BCUT2D eigenvalue weighted by molar-refractivity contribution is 5.18. The number of imidazole rings is 1. The van der Waals surface area contributed by atoms with E-state index in [0.717, 1.165) is 24.6 Å². The van der Waals surface area contributed by atoms with Gasteiger partial charge in [0.15, 0.2) is 0 Å². The number of aromatic nitrogens is 2. The minimum absolute atomic E-state index is 0.146. The number of hydrogen-bond acceptors (Lipinski definition) is 2. The second kappa shape index (κ2) is 2.83. The average Bonchev–Trinajstić information content (AvgIpc) is 2.75. The van der Waals surface area contributed by atoms with Crippen LogP contribution in [0, 0.1) is 0 Å². The van der Waals surface area contributed by atoms with Crippen LogP contribution in [0.15, 0.2) is 6.20 Å². The Hall–Kier alpha value is -0.830. The molecule has 0 radical (unpaired) electrons. The van der Waals surface area contributed by atoms with Crippen molar-refractivity contribution in [2.75, 3.05) is 0 Å². The van der Waals surface area contributed by atoms with E-state index in [9.17, 15) is 0 Å². The Labute approximate surface area is 84.1 Å². The quantitative estimate of drug-likeness (QED) is 0.751. The van der Waals surface area contributed by atoms with Crippen molar-refractivity contribution < 1.29 is 0 Å². The molecule has 0 spiro atoms. The summed E-state index contributed by atoms with van der Waals surface area (Å²) in [5.74, 6) is 1.78. The van der Waals surface area contributed by atoms with Crippen LogP contribution in [0.2, 0.25) is 0 Å². The molecule has 0 aliphatic heterocycles. The summed E-state index contributed by atoms with van der Waals surface area (Å²) >= 11 is 0. The van der Waals surface area contributed by atoms with Crippen LogP contribution in [0.4, 0.5) is 0 Å². The van der Waals surface area contributed by atoms with Gasteiger partial charge in [-0.1, -0.05) is 12.8 Å². The Bertz CT molecular complexity index is 332. The Morgan fingerprint density at radius 2 is 2.07 bits per heavy atom. The molecule has 1 aromatic heterocycles. The highest BCUT2D eigenvalue weighted by Crippen LogP contribution is 2.41. The summed E-state index contributed by atoms with van der Waals surface area (Å²) in [5, 5.41) is 0. The van der Waals surface area contributed by atoms with Gasteiger partial charge in [0.2, 0.25) is 0 Å². The molecule has 2 aliphatic carbocycles. The normalized spacial score (nSPS) is 25.5. The van der Waals surface area contributed by atoms with Crippen molar-refractivity contribution >= 4 is 0 Å². The van der Waals surface area contributed by atoms with Gasteiger partial charge in [0.25, 0.3) is 0 Å². The first kappa shape index (κ1) is 8.48. The molecule has 0 saturated heterocycles. The summed E-state index contributed by atoms with van der Waals surface area (Å²) in [6, 6.07) is 0. The largest absolute Gasteiger partial charge is 0.344 e. The van der Waals surface area contributed by atoms with Crippen molar-refractivity contribution in [1.82, 2.24) is 9.97 Å². The minimum Gasteiger partial charge on any atom is -0.344 e. The van der Waals surface area contributed by atoms with E-state index in [1.807, 2.05) is 6.20 Å². The number of nitrogens with zero attached hydrogens (tertiary/aromatic N) is 1. The van der Waals surface area contributed by atoms with E-state index in [-0.39, 0.29) is 5.54 Å². The topological polar surface area (TPSA) is 54.7 Å². The van der Waals surface area contributed by atoms with Gasteiger partial charge in [-0.3, -0.25) is 0 Å². The van der Waals surface area contributed by atoms with Gasteiger partial charge >= 0.3 is 0 Å². The van der Waals surface area contributed by atoms with Crippen LogP contribution >= 0.6 is 0 Å². The summed E-state index contributed by atoms with van der Waals surface area (Å²) in [7, 11) is 0. The second-order valence-corrected chi connectivity index (χ2v) is 4.82.